The Kier molecular flexibility index (Phi) is 3.75. The molecule has 1 aliphatic carbocycles. The maximum atomic E-state index is 12.0. The van der Waals surface area contributed by atoms with Crippen LogP contribution in [0.15, 0.2) is 24.3 Å². The Labute approximate surface area is 94.4 Å². The number of rotatable bonds is 3. The molecule has 0 aromatic heterocycles. The number of benzene rings is 1. The molecular formula is C13H16F2O. The van der Waals surface area contributed by atoms with Crippen molar-refractivity contribution in [1.29, 1.82) is 0 Å². The molecule has 0 N–H and O–H groups in total. The summed E-state index contributed by atoms with van der Waals surface area (Å²) in [5.41, 5.74) is 1.25. The van der Waals surface area contributed by atoms with Crippen LogP contribution in [-0.2, 0) is 0 Å². The van der Waals surface area contributed by atoms with E-state index in [4.69, 9.17) is 0 Å². The molecule has 1 aliphatic rings. The molecule has 16 heavy (non-hydrogen) atoms. The van der Waals surface area contributed by atoms with Crippen LogP contribution in [0.25, 0.3) is 0 Å². The molecule has 1 fully saturated rings. The smallest absolute Gasteiger partial charge is 0.387 e. The second-order valence-electron chi connectivity index (χ2n) is 4.28. The number of hydrogen-bond donors (Lipinski definition) is 0. The highest BCUT2D eigenvalue weighted by Gasteiger charge is 2.15. The minimum absolute atomic E-state index is 0.245. The SMILES string of the molecule is FC(F)Oc1ccc(C2CCCCC2)cc1. The lowest BCUT2D eigenvalue weighted by atomic mass is 9.84. The first-order valence-corrected chi connectivity index (χ1v) is 5.80. The maximum Gasteiger partial charge on any atom is 0.387 e. The van der Waals surface area contributed by atoms with Crippen LogP contribution in [0.5, 0.6) is 5.75 Å². The monoisotopic (exact) mass is 226 g/mol. The summed E-state index contributed by atoms with van der Waals surface area (Å²) in [7, 11) is 0. The maximum absolute atomic E-state index is 12.0. The summed E-state index contributed by atoms with van der Waals surface area (Å²) in [6.45, 7) is -2.74. The van der Waals surface area contributed by atoms with Gasteiger partial charge in [-0.3, -0.25) is 0 Å². The van der Waals surface area contributed by atoms with Crippen molar-refractivity contribution in [1.82, 2.24) is 0 Å². The minimum atomic E-state index is -2.74. The van der Waals surface area contributed by atoms with Crippen LogP contribution in [0.3, 0.4) is 0 Å². The van der Waals surface area contributed by atoms with Crippen LogP contribution in [0.1, 0.15) is 43.6 Å². The van der Waals surface area contributed by atoms with Crippen molar-refractivity contribution >= 4 is 0 Å². The van der Waals surface area contributed by atoms with Crippen molar-refractivity contribution in [2.75, 3.05) is 0 Å². The fourth-order valence-corrected chi connectivity index (χ4v) is 2.36. The molecule has 0 saturated heterocycles. The van der Waals surface area contributed by atoms with Crippen molar-refractivity contribution in [2.24, 2.45) is 0 Å². The zero-order chi connectivity index (χ0) is 11.4. The van der Waals surface area contributed by atoms with Gasteiger partial charge in [0.2, 0.25) is 0 Å². The van der Waals surface area contributed by atoms with Crippen LogP contribution in [-0.4, -0.2) is 6.61 Å². The summed E-state index contributed by atoms with van der Waals surface area (Å²) in [4.78, 5) is 0. The second-order valence-corrected chi connectivity index (χ2v) is 4.28. The fourth-order valence-electron chi connectivity index (χ4n) is 2.36. The Balaban J connectivity index is 2.00. The van der Waals surface area contributed by atoms with E-state index in [1.807, 2.05) is 12.1 Å². The van der Waals surface area contributed by atoms with Gasteiger partial charge in [0.25, 0.3) is 0 Å². The van der Waals surface area contributed by atoms with Crippen LogP contribution in [0.2, 0.25) is 0 Å². The predicted molar refractivity (Wildman–Crippen MR) is 58.9 cm³/mol. The highest BCUT2D eigenvalue weighted by atomic mass is 19.3. The molecular weight excluding hydrogens is 210 g/mol. The van der Waals surface area contributed by atoms with Crippen LogP contribution in [0.4, 0.5) is 8.78 Å². The molecule has 0 spiro atoms. The Morgan fingerprint density at radius 1 is 1.00 bits per heavy atom. The summed E-state index contributed by atoms with van der Waals surface area (Å²) in [5.74, 6) is 0.851. The Hall–Kier alpha value is -1.12. The quantitative estimate of drug-likeness (QED) is 0.745. The molecule has 88 valence electrons. The lowest BCUT2D eigenvalue weighted by molar-refractivity contribution is -0.0498. The van der Waals surface area contributed by atoms with E-state index in [0.717, 1.165) is 0 Å². The molecule has 1 saturated carbocycles. The molecule has 1 aromatic carbocycles. The number of halogens is 2. The minimum Gasteiger partial charge on any atom is -0.435 e. The molecule has 2 rings (SSSR count). The third-order valence-electron chi connectivity index (χ3n) is 3.18. The summed E-state index contributed by atoms with van der Waals surface area (Å²) in [5, 5.41) is 0. The van der Waals surface area contributed by atoms with Crippen molar-refractivity contribution in [3.8, 4) is 5.75 Å². The fraction of sp³-hybridized carbons (Fsp3) is 0.538. The Morgan fingerprint density at radius 2 is 1.62 bits per heavy atom. The first-order chi connectivity index (χ1) is 7.75. The number of alkyl halides is 2. The zero-order valence-corrected chi connectivity index (χ0v) is 9.16. The average Bonchev–Trinajstić information content (AvgIpc) is 2.30. The summed E-state index contributed by atoms with van der Waals surface area (Å²) >= 11 is 0. The van der Waals surface area contributed by atoms with Gasteiger partial charge in [0.05, 0.1) is 0 Å². The summed E-state index contributed by atoms with van der Waals surface area (Å²) in [6, 6.07) is 7.09. The van der Waals surface area contributed by atoms with E-state index in [0.29, 0.717) is 5.92 Å². The van der Waals surface area contributed by atoms with Gasteiger partial charge < -0.3 is 4.74 Å². The van der Waals surface area contributed by atoms with Gasteiger partial charge in [0, 0.05) is 0 Å². The molecule has 0 heterocycles. The highest BCUT2D eigenvalue weighted by molar-refractivity contribution is 5.29. The molecule has 1 nitrogen and oxygen atoms in total. The van der Waals surface area contributed by atoms with Gasteiger partial charge in [-0.2, -0.15) is 8.78 Å². The summed E-state index contributed by atoms with van der Waals surface area (Å²) < 4.78 is 28.2. The lowest BCUT2D eigenvalue weighted by Gasteiger charge is -2.22. The van der Waals surface area contributed by atoms with E-state index in [9.17, 15) is 8.78 Å². The molecule has 0 aliphatic heterocycles. The number of ether oxygens (including phenoxy) is 1. The van der Waals surface area contributed by atoms with Crippen LogP contribution in [0, 0.1) is 0 Å². The van der Waals surface area contributed by atoms with E-state index in [-0.39, 0.29) is 5.75 Å². The van der Waals surface area contributed by atoms with E-state index < -0.39 is 6.61 Å². The van der Waals surface area contributed by atoms with E-state index in [1.54, 1.807) is 12.1 Å². The average molecular weight is 226 g/mol. The largest absolute Gasteiger partial charge is 0.435 e. The lowest BCUT2D eigenvalue weighted by Crippen LogP contribution is -2.05. The molecule has 0 atom stereocenters. The van der Waals surface area contributed by atoms with Crippen LogP contribution < -0.4 is 4.74 Å². The van der Waals surface area contributed by atoms with Gasteiger partial charge in [0.15, 0.2) is 0 Å². The molecule has 3 heteroatoms. The normalized spacial score (nSPS) is 17.7. The van der Waals surface area contributed by atoms with Gasteiger partial charge in [-0.15, -0.1) is 0 Å². The van der Waals surface area contributed by atoms with Crippen molar-refractivity contribution in [2.45, 2.75) is 44.6 Å². The summed E-state index contributed by atoms with van der Waals surface area (Å²) in [6.07, 6.45) is 6.31. The third-order valence-corrected chi connectivity index (χ3v) is 3.18. The van der Waals surface area contributed by atoms with Gasteiger partial charge in [0.1, 0.15) is 5.75 Å². The van der Waals surface area contributed by atoms with E-state index in [2.05, 4.69) is 4.74 Å². The van der Waals surface area contributed by atoms with E-state index >= 15 is 0 Å². The number of hydrogen-bond acceptors (Lipinski definition) is 1. The topological polar surface area (TPSA) is 9.23 Å². The van der Waals surface area contributed by atoms with E-state index in [1.165, 1.54) is 37.7 Å². The first-order valence-electron chi connectivity index (χ1n) is 5.80. The Bertz CT molecular complexity index is 315. The van der Waals surface area contributed by atoms with Gasteiger partial charge >= 0.3 is 6.61 Å². The second kappa shape index (κ2) is 5.28. The highest BCUT2D eigenvalue weighted by Crippen LogP contribution is 2.33. The first kappa shape index (κ1) is 11.4. The van der Waals surface area contributed by atoms with Crippen molar-refractivity contribution in [3.63, 3.8) is 0 Å². The molecule has 0 amide bonds. The van der Waals surface area contributed by atoms with Gasteiger partial charge in [-0.1, -0.05) is 31.4 Å². The van der Waals surface area contributed by atoms with Crippen LogP contribution >= 0.6 is 0 Å². The van der Waals surface area contributed by atoms with Crippen molar-refractivity contribution < 1.29 is 13.5 Å². The molecule has 1 aromatic rings. The third kappa shape index (κ3) is 2.94. The zero-order valence-electron chi connectivity index (χ0n) is 9.16. The predicted octanol–water partition coefficient (Wildman–Crippen LogP) is 4.34. The molecule has 0 unspecified atom stereocenters. The molecule has 0 bridgehead atoms. The standard InChI is InChI=1S/C13H16F2O/c14-13(15)16-12-8-6-11(7-9-12)10-4-2-1-3-5-10/h6-10,13H,1-5H2. The van der Waals surface area contributed by atoms with Crippen molar-refractivity contribution in [3.05, 3.63) is 29.8 Å². The van der Waals surface area contributed by atoms with Gasteiger partial charge in [-0.25, -0.2) is 0 Å². The van der Waals surface area contributed by atoms with Gasteiger partial charge in [-0.05, 0) is 36.5 Å². The Morgan fingerprint density at radius 3 is 2.19 bits per heavy atom. The molecule has 0 radical (unpaired) electrons.